The van der Waals surface area contributed by atoms with E-state index in [9.17, 15) is 4.79 Å². The number of nitrogens with zero attached hydrogens (tertiary/aromatic N) is 1. The summed E-state index contributed by atoms with van der Waals surface area (Å²) in [6.45, 7) is 0. The molecule has 0 saturated heterocycles. The molecule has 2 aromatic rings. The van der Waals surface area contributed by atoms with Gasteiger partial charge in [-0.15, -0.1) is 0 Å². The highest BCUT2D eigenvalue weighted by molar-refractivity contribution is 9.10. The number of carbonyl (C=O) groups is 1. The van der Waals surface area contributed by atoms with E-state index in [0.717, 1.165) is 28.0 Å². The number of anilines is 3. The van der Waals surface area contributed by atoms with Gasteiger partial charge in [0.25, 0.3) is 0 Å². The Labute approximate surface area is 119 Å². The van der Waals surface area contributed by atoms with Crippen LogP contribution in [0.5, 0.6) is 0 Å². The maximum absolute atomic E-state index is 12.3. The van der Waals surface area contributed by atoms with Crippen molar-refractivity contribution in [3.05, 3.63) is 52.5 Å². The minimum absolute atomic E-state index is 0.0711. The van der Waals surface area contributed by atoms with Gasteiger partial charge in [0, 0.05) is 16.6 Å². The highest BCUT2D eigenvalue weighted by atomic mass is 79.9. The number of amides is 1. The van der Waals surface area contributed by atoms with Crippen LogP contribution in [0.2, 0.25) is 0 Å². The number of hydrogen-bond donors (Lipinski definition) is 1. The molecule has 4 heteroatoms. The van der Waals surface area contributed by atoms with Crippen LogP contribution in [-0.2, 0) is 11.2 Å². The second-order valence-electron chi connectivity index (χ2n) is 4.87. The van der Waals surface area contributed by atoms with E-state index >= 15 is 0 Å². The SMILES string of the molecule is O=C1Nc2cc(Br)ccc2N2c3ccccc3CC12. The summed E-state index contributed by atoms with van der Waals surface area (Å²) in [7, 11) is 0. The van der Waals surface area contributed by atoms with Crippen molar-refractivity contribution in [2.75, 3.05) is 10.2 Å². The van der Waals surface area contributed by atoms with Gasteiger partial charge in [0.2, 0.25) is 5.91 Å². The number of hydrogen-bond acceptors (Lipinski definition) is 2. The molecule has 0 bridgehead atoms. The number of para-hydroxylation sites is 1. The molecular formula is C15H11BrN2O. The summed E-state index contributed by atoms with van der Waals surface area (Å²) in [6, 6.07) is 14.1. The summed E-state index contributed by atoms with van der Waals surface area (Å²) in [5.41, 5.74) is 4.31. The molecule has 2 aromatic carbocycles. The third-order valence-electron chi connectivity index (χ3n) is 3.75. The molecule has 2 aliphatic heterocycles. The van der Waals surface area contributed by atoms with Crippen molar-refractivity contribution < 1.29 is 4.79 Å². The van der Waals surface area contributed by atoms with Crippen molar-refractivity contribution in [2.45, 2.75) is 12.5 Å². The number of benzene rings is 2. The lowest BCUT2D eigenvalue weighted by molar-refractivity contribution is -0.117. The molecule has 0 aromatic heterocycles. The third kappa shape index (κ3) is 1.53. The average molecular weight is 315 g/mol. The van der Waals surface area contributed by atoms with Crippen LogP contribution >= 0.6 is 15.9 Å². The standard InChI is InChI=1S/C15H11BrN2O/c16-10-5-6-13-11(8-10)17-15(19)14-7-9-3-1-2-4-12(9)18(13)14/h1-6,8,14H,7H2,(H,17,19). The van der Waals surface area contributed by atoms with E-state index < -0.39 is 0 Å². The Hall–Kier alpha value is -1.81. The molecule has 1 amide bonds. The molecule has 1 unspecified atom stereocenters. The monoisotopic (exact) mass is 314 g/mol. The second-order valence-corrected chi connectivity index (χ2v) is 5.79. The fourth-order valence-corrected chi connectivity index (χ4v) is 3.29. The summed E-state index contributed by atoms with van der Waals surface area (Å²) >= 11 is 3.44. The van der Waals surface area contributed by atoms with Crippen molar-refractivity contribution in [1.82, 2.24) is 0 Å². The van der Waals surface area contributed by atoms with Gasteiger partial charge in [0.15, 0.2) is 0 Å². The summed E-state index contributed by atoms with van der Waals surface area (Å²) in [4.78, 5) is 14.4. The molecular weight excluding hydrogens is 304 g/mol. The molecule has 0 radical (unpaired) electrons. The number of rotatable bonds is 0. The van der Waals surface area contributed by atoms with E-state index in [1.54, 1.807) is 0 Å². The van der Waals surface area contributed by atoms with E-state index in [1.165, 1.54) is 5.56 Å². The molecule has 0 aliphatic carbocycles. The first-order chi connectivity index (χ1) is 9.24. The summed E-state index contributed by atoms with van der Waals surface area (Å²) in [5, 5.41) is 3.00. The van der Waals surface area contributed by atoms with Gasteiger partial charge < -0.3 is 10.2 Å². The highest BCUT2D eigenvalue weighted by Crippen LogP contribution is 2.45. The number of carbonyl (C=O) groups excluding carboxylic acids is 1. The minimum Gasteiger partial charge on any atom is -0.327 e. The van der Waals surface area contributed by atoms with Gasteiger partial charge in [0.05, 0.1) is 11.4 Å². The van der Waals surface area contributed by atoms with Crippen LogP contribution in [0.15, 0.2) is 46.9 Å². The maximum Gasteiger partial charge on any atom is 0.247 e. The van der Waals surface area contributed by atoms with E-state index in [4.69, 9.17) is 0 Å². The van der Waals surface area contributed by atoms with Crippen LogP contribution in [0.4, 0.5) is 17.1 Å². The number of fused-ring (bicyclic) bond motifs is 5. The minimum atomic E-state index is -0.119. The predicted molar refractivity (Wildman–Crippen MR) is 78.8 cm³/mol. The maximum atomic E-state index is 12.3. The first kappa shape index (κ1) is 11.1. The summed E-state index contributed by atoms with van der Waals surface area (Å²) < 4.78 is 0.970. The molecule has 2 heterocycles. The molecule has 94 valence electrons. The van der Waals surface area contributed by atoms with Crippen LogP contribution < -0.4 is 10.2 Å². The van der Waals surface area contributed by atoms with Crippen molar-refractivity contribution in [1.29, 1.82) is 0 Å². The van der Waals surface area contributed by atoms with Gasteiger partial charge in [0.1, 0.15) is 6.04 Å². The zero-order valence-corrected chi connectivity index (χ0v) is 11.6. The van der Waals surface area contributed by atoms with Crippen LogP contribution in [-0.4, -0.2) is 11.9 Å². The molecule has 3 nitrogen and oxygen atoms in total. The van der Waals surface area contributed by atoms with Crippen LogP contribution in [0.25, 0.3) is 0 Å². The Kier molecular flexibility index (Phi) is 2.23. The summed E-state index contributed by atoms with van der Waals surface area (Å²) in [6.07, 6.45) is 0.775. The van der Waals surface area contributed by atoms with Crippen molar-refractivity contribution in [3.63, 3.8) is 0 Å². The lowest BCUT2D eigenvalue weighted by Crippen LogP contribution is -2.43. The van der Waals surface area contributed by atoms with E-state index in [-0.39, 0.29) is 11.9 Å². The largest absolute Gasteiger partial charge is 0.327 e. The quantitative estimate of drug-likeness (QED) is 0.807. The predicted octanol–water partition coefficient (Wildman–Crippen LogP) is 3.46. The zero-order chi connectivity index (χ0) is 13.0. The lowest BCUT2D eigenvalue weighted by Gasteiger charge is -2.33. The zero-order valence-electron chi connectivity index (χ0n) is 10.1. The molecule has 0 saturated carbocycles. The second kappa shape index (κ2) is 3.84. The Morgan fingerprint density at radius 2 is 2.00 bits per heavy atom. The molecule has 4 rings (SSSR count). The van der Waals surface area contributed by atoms with Crippen molar-refractivity contribution in [2.24, 2.45) is 0 Å². The Balaban J connectivity index is 1.95. The Morgan fingerprint density at radius 3 is 2.89 bits per heavy atom. The van der Waals surface area contributed by atoms with Crippen LogP contribution in [0, 0.1) is 0 Å². The fourth-order valence-electron chi connectivity index (χ4n) is 2.93. The number of halogens is 1. The van der Waals surface area contributed by atoms with E-state index in [2.05, 4.69) is 38.3 Å². The molecule has 0 spiro atoms. The Morgan fingerprint density at radius 1 is 1.16 bits per heavy atom. The van der Waals surface area contributed by atoms with Gasteiger partial charge in [-0.1, -0.05) is 34.1 Å². The molecule has 2 aliphatic rings. The molecule has 0 fully saturated rings. The highest BCUT2D eigenvalue weighted by Gasteiger charge is 2.39. The number of nitrogens with one attached hydrogen (secondary N) is 1. The van der Waals surface area contributed by atoms with Gasteiger partial charge in [-0.2, -0.15) is 0 Å². The van der Waals surface area contributed by atoms with Crippen molar-refractivity contribution >= 4 is 38.9 Å². The third-order valence-corrected chi connectivity index (χ3v) is 4.25. The molecule has 19 heavy (non-hydrogen) atoms. The lowest BCUT2D eigenvalue weighted by atomic mass is 10.1. The van der Waals surface area contributed by atoms with Gasteiger partial charge in [-0.05, 0) is 29.8 Å². The van der Waals surface area contributed by atoms with Crippen LogP contribution in [0.1, 0.15) is 5.56 Å². The van der Waals surface area contributed by atoms with Crippen LogP contribution in [0.3, 0.4) is 0 Å². The van der Waals surface area contributed by atoms with Gasteiger partial charge in [-0.3, -0.25) is 4.79 Å². The normalized spacial score (nSPS) is 19.5. The van der Waals surface area contributed by atoms with Crippen molar-refractivity contribution in [3.8, 4) is 0 Å². The Bertz CT molecular complexity index is 698. The fraction of sp³-hybridized carbons (Fsp3) is 0.133. The van der Waals surface area contributed by atoms with E-state index in [1.807, 2.05) is 30.3 Å². The average Bonchev–Trinajstić information content (AvgIpc) is 2.79. The smallest absolute Gasteiger partial charge is 0.247 e. The molecule has 1 N–H and O–H groups in total. The first-order valence-electron chi connectivity index (χ1n) is 6.21. The van der Waals surface area contributed by atoms with E-state index in [0.29, 0.717) is 0 Å². The van der Waals surface area contributed by atoms with Gasteiger partial charge >= 0.3 is 0 Å². The first-order valence-corrected chi connectivity index (χ1v) is 7.01. The topological polar surface area (TPSA) is 32.3 Å². The summed E-state index contributed by atoms with van der Waals surface area (Å²) in [5.74, 6) is 0.0711. The van der Waals surface area contributed by atoms with Gasteiger partial charge in [-0.25, -0.2) is 0 Å². The molecule has 1 atom stereocenters.